The van der Waals surface area contributed by atoms with E-state index < -0.39 is 0 Å². The van der Waals surface area contributed by atoms with Crippen molar-refractivity contribution < 1.29 is 0 Å². The molecule has 1 aliphatic heterocycles. The van der Waals surface area contributed by atoms with Gasteiger partial charge < -0.3 is 10.2 Å². The van der Waals surface area contributed by atoms with Crippen LogP contribution in [0.2, 0.25) is 10.0 Å². The van der Waals surface area contributed by atoms with Crippen molar-refractivity contribution in [2.75, 3.05) is 23.3 Å². The molecule has 0 radical (unpaired) electrons. The summed E-state index contributed by atoms with van der Waals surface area (Å²) in [5.41, 5.74) is 3.47. The van der Waals surface area contributed by atoms with Crippen LogP contribution in [0.25, 0.3) is 0 Å². The van der Waals surface area contributed by atoms with Crippen LogP contribution >= 0.6 is 23.2 Å². The van der Waals surface area contributed by atoms with Crippen molar-refractivity contribution in [3.05, 3.63) is 75.8 Å². The Morgan fingerprint density at radius 1 is 0.963 bits per heavy atom. The minimum atomic E-state index is 0.643. The van der Waals surface area contributed by atoms with E-state index in [1.165, 1.54) is 5.56 Å². The van der Waals surface area contributed by atoms with E-state index in [0.29, 0.717) is 5.02 Å². The highest BCUT2D eigenvalue weighted by atomic mass is 35.5. The number of nitrogens with zero attached hydrogens (tertiary/aromatic N) is 4. The molecule has 0 aliphatic carbocycles. The molecule has 138 valence electrons. The van der Waals surface area contributed by atoms with Crippen LogP contribution in [0.3, 0.4) is 0 Å². The zero-order chi connectivity index (χ0) is 18.6. The first-order valence-electron chi connectivity index (χ1n) is 8.86. The first-order valence-corrected chi connectivity index (χ1v) is 9.62. The molecule has 0 fully saturated rings. The number of rotatable bonds is 5. The molecule has 1 N–H and O–H groups in total. The number of halogens is 2. The van der Waals surface area contributed by atoms with Gasteiger partial charge in [0, 0.05) is 42.8 Å². The summed E-state index contributed by atoms with van der Waals surface area (Å²) in [4.78, 5) is 15.6. The molecule has 7 heteroatoms. The SMILES string of the molecule is Clc1ccc(CCNc2ncnc3c2CN(c2ccc(Cl)cn2)CC3)cc1. The standard InChI is InChI=1S/C20H19Cl2N5/c21-15-3-1-14(2-4-15)7-9-23-20-17-12-27(10-8-18(17)25-13-26-20)19-6-5-16(22)11-24-19/h1-6,11,13H,7-10,12H2,(H,23,25,26). The molecule has 0 bridgehead atoms. The summed E-state index contributed by atoms with van der Waals surface area (Å²) in [5, 5.41) is 4.86. The Hall–Kier alpha value is -2.37. The number of aromatic nitrogens is 3. The lowest BCUT2D eigenvalue weighted by Crippen LogP contribution is -2.32. The summed E-state index contributed by atoms with van der Waals surface area (Å²) in [5.74, 6) is 1.81. The van der Waals surface area contributed by atoms with Crippen LogP contribution in [-0.4, -0.2) is 28.0 Å². The molecule has 3 heterocycles. The molecule has 4 rings (SSSR count). The van der Waals surface area contributed by atoms with E-state index in [9.17, 15) is 0 Å². The van der Waals surface area contributed by atoms with E-state index in [2.05, 4.69) is 25.2 Å². The quantitative estimate of drug-likeness (QED) is 0.688. The summed E-state index contributed by atoms with van der Waals surface area (Å²) < 4.78 is 0. The van der Waals surface area contributed by atoms with Gasteiger partial charge >= 0.3 is 0 Å². The predicted molar refractivity (Wildman–Crippen MR) is 110 cm³/mol. The molecular formula is C20H19Cl2N5. The minimum absolute atomic E-state index is 0.643. The Morgan fingerprint density at radius 2 is 1.78 bits per heavy atom. The van der Waals surface area contributed by atoms with Crippen LogP contribution in [0, 0.1) is 0 Å². The molecule has 3 aromatic rings. The first-order chi connectivity index (χ1) is 13.2. The third kappa shape index (κ3) is 4.31. The third-order valence-electron chi connectivity index (χ3n) is 4.66. The number of fused-ring (bicyclic) bond motifs is 1. The molecule has 0 atom stereocenters. The number of hydrogen-bond acceptors (Lipinski definition) is 5. The summed E-state index contributed by atoms with van der Waals surface area (Å²) >= 11 is 11.9. The van der Waals surface area contributed by atoms with Crippen molar-refractivity contribution in [1.82, 2.24) is 15.0 Å². The van der Waals surface area contributed by atoms with Crippen molar-refractivity contribution in [3.8, 4) is 0 Å². The highest BCUT2D eigenvalue weighted by Gasteiger charge is 2.21. The molecule has 2 aromatic heterocycles. The predicted octanol–water partition coefficient (Wildman–Crippen LogP) is 4.40. The van der Waals surface area contributed by atoms with Gasteiger partial charge in [-0.2, -0.15) is 0 Å². The van der Waals surface area contributed by atoms with E-state index in [0.717, 1.165) is 60.4 Å². The van der Waals surface area contributed by atoms with Crippen LogP contribution in [-0.2, 0) is 19.4 Å². The Labute approximate surface area is 168 Å². The summed E-state index contributed by atoms with van der Waals surface area (Å²) in [6.07, 6.45) is 5.09. The molecule has 0 unspecified atom stereocenters. The number of benzene rings is 1. The van der Waals surface area contributed by atoms with Gasteiger partial charge in [-0.05, 0) is 36.2 Å². The molecule has 27 heavy (non-hydrogen) atoms. The van der Waals surface area contributed by atoms with Gasteiger partial charge in [-0.25, -0.2) is 15.0 Å². The molecule has 0 saturated heterocycles. The molecule has 1 aliphatic rings. The van der Waals surface area contributed by atoms with Crippen molar-refractivity contribution in [2.24, 2.45) is 0 Å². The van der Waals surface area contributed by atoms with Gasteiger partial charge in [0.25, 0.3) is 0 Å². The van der Waals surface area contributed by atoms with Gasteiger partial charge in [-0.3, -0.25) is 0 Å². The maximum absolute atomic E-state index is 5.95. The Morgan fingerprint density at radius 3 is 2.56 bits per heavy atom. The normalized spacial score (nSPS) is 13.3. The zero-order valence-electron chi connectivity index (χ0n) is 14.7. The van der Waals surface area contributed by atoms with Crippen LogP contribution in [0.1, 0.15) is 16.8 Å². The number of anilines is 2. The highest BCUT2D eigenvalue weighted by molar-refractivity contribution is 6.30. The van der Waals surface area contributed by atoms with Gasteiger partial charge in [-0.15, -0.1) is 0 Å². The smallest absolute Gasteiger partial charge is 0.134 e. The number of nitrogens with one attached hydrogen (secondary N) is 1. The van der Waals surface area contributed by atoms with Gasteiger partial charge in [0.2, 0.25) is 0 Å². The van der Waals surface area contributed by atoms with E-state index in [4.69, 9.17) is 23.2 Å². The van der Waals surface area contributed by atoms with Crippen LogP contribution in [0.5, 0.6) is 0 Å². The fourth-order valence-electron chi connectivity index (χ4n) is 3.22. The summed E-state index contributed by atoms with van der Waals surface area (Å²) in [7, 11) is 0. The number of hydrogen-bond donors (Lipinski definition) is 1. The third-order valence-corrected chi connectivity index (χ3v) is 5.13. The molecule has 0 amide bonds. The van der Waals surface area contributed by atoms with Crippen LogP contribution in [0.15, 0.2) is 48.9 Å². The first kappa shape index (κ1) is 18.0. The monoisotopic (exact) mass is 399 g/mol. The minimum Gasteiger partial charge on any atom is -0.369 e. The maximum Gasteiger partial charge on any atom is 0.134 e. The van der Waals surface area contributed by atoms with Crippen molar-refractivity contribution >= 4 is 34.8 Å². The topological polar surface area (TPSA) is 53.9 Å². The second kappa shape index (κ2) is 8.11. The Balaban J connectivity index is 1.46. The lowest BCUT2D eigenvalue weighted by molar-refractivity contribution is 0.697. The molecular weight excluding hydrogens is 381 g/mol. The second-order valence-electron chi connectivity index (χ2n) is 6.46. The van der Waals surface area contributed by atoms with Crippen LogP contribution < -0.4 is 10.2 Å². The molecule has 0 saturated carbocycles. The summed E-state index contributed by atoms with van der Waals surface area (Å²) in [6.45, 7) is 2.40. The van der Waals surface area contributed by atoms with Crippen molar-refractivity contribution in [1.29, 1.82) is 0 Å². The lowest BCUT2D eigenvalue weighted by Gasteiger charge is -2.30. The van der Waals surface area contributed by atoms with E-state index >= 15 is 0 Å². The fourth-order valence-corrected chi connectivity index (χ4v) is 3.46. The van der Waals surface area contributed by atoms with Gasteiger partial charge in [0.05, 0.1) is 10.7 Å². The van der Waals surface area contributed by atoms with Gasteiger partial charge in [0.15, 0.2) is 0 Å². The summed E-state index contributed by atoms with van der Waals surface area (Å²) in [6, 6.07) is 11.7. The van der Waals surface area contributed by atoms with E-state index in [-0.39, 0.29) is 0 Å². The fraction of sp³-hybridized carbons (Fsp3) is 0.250. The largest absolute Gasteiger partial charge is 0.369 e. The molecule has 0 spiro atoms. The Bertz CT molecular complexity index is 913. The van der Waals surface area contributed by atoms with Crippen molar-refractivity contribution in [3.63, 3.8) is 0 Å². The number of pyridine rings is 1. The van der Waals surface area contributed by atoms with Crippen LogP contribution in [0.4, 0.5) is 11.6 Å². The highest BCUT2D eigenvalue weighted by Crippen LogP contribution is 2.26. The average Bonchev–Trinajstić information content (AvgIpc) is 2.70. The van der Waals surface area contributed by atoms with E-state index in [1.54, 1.807) is 12.5 Å². The maximum atomic E-state index is 5.95. The second-order valence-corrected chi connectivity index (χ2v) is 7.33. The molecule has 1 aromatic carbocycles. The van der Waals surface area contributed by atoms with Gasteiger partial charge in [-0.1, -0.05) is 35.3 Å². The van der Waals surface area contributed by atoms with Crippen molar-refractivity contribution in [2.45, 2.75) is 19.4 Å². The lowest BCUT2D eigenvalue weighted by atomic mass is 10.1. The van der Waals surface area contributed by atoms with E-state index in [1.807, 2.05) is 36.4 Å². The Kier molecular flexibility index (Phi) is 5.41. The molecule has 5 nitrogen and oxygen atoms in total. The zero-order valence-corrected chi connectivity index (χ0v) is 16.2. The average molecular weight is 400 g/mol. The van der Waals surface area contributed by atoms with Gasteiger partial charge in [0.1, 0.15) is 18.0 Å².